The second-order valence-corrected chi connectivity index (χ2v) is 6.09. The van der Waals surface area contributed by atoms with Crippen molar-refractivity contribution in [2.75, 3.05) is 39.3 Å². The van der Waals surface area contributed by atoms with Crippen LogP contribution in [0.4, 0.5) is 0 Å². The molecule has 25 heavy (non-hydrogen) atoms. The monoisotopic (exact) mass is 394 g/mol. The van der Waals surface area contributed by atoms with Crippen molar-refractivity contribution in [1.29, 1.82) is 0 Å². The van der Waals surface area contributed by atoms with Crippen LogP contribution in [0.1, 0.15) is 55.3 Å². The lowest BCUT2D eigenvalue weighted by Gasteiger charge is -2.23. The average molecular weight is 395 g/mol. The number of carbonyl (C=O) groups is 1. The molecule has 2 heterocycles. The summed E-state index contributed by atoms with van der Waals surface area (Å²) >= 11 is 0. The highest BCUT2D eigenvalue weighted by molar-refractivity contribution is 5.93. The smallest absolute Gasteiger partial charge is 0.273 e. The van der Waals surface area contributed by atoms with Crippen molar-refractivity contribution in [3.05, 3.63) is 11.4 Å². The summed E-state index contributed by atoms with van der Waals surface area (Å²) in [7, 11) is 0. The molecule has 0 unspecified atom stereocenters. The third-order valence-corrected chi connectivity index (χ3v) is 4.63. The number of nitrogens with one attached hydrogen (secondary N) is 2. The summed E-state index contributed by atoms with van der Waals surface area (Å²) in [5.74, 6) is -0.109. The molecule has 146 valence electrons. The Morgan fingerprint density at radius 2 is 1.92 bits per heavy atom. The summed E-state index contributed by atoms with van der Waals surface area (Å²) < 4.78 is 1.92. The number of aromatic nitrogens is 3. The first-order chi connectivity index (χ1) is 11.2. The minimum absolute atomic E-state index is 0. The standard InChI is InChI=1S/C16H30N6O.2ClH/c1-4-21(5-2)12-6-9-18-16(23)15-13(3)22(20-19-15)14-7-10-17-11-8-14;;/h14,17H,4-12H2,1-3H3,(H,18,23);2*1H. The van der Waals surface area contributed by atoms with Gasteiger partial charge in [-0.3, -0.25) is 4.79 Å². The summed E-state index contributed by atoms with van der Waals surface area (Å²) in [6.45, 7) is 12.0. The topological polar surface area (TPSA) is 75.1 Å². The highest BCUT2D eigenvalue weighted by atomic mass is 35.5. The van der Waals surface area contributed by atoms with Crippen molar-refractivity contribution >= 4 is 30.7 Å². The van der Waals surface area contributed by atoms with E-state index in [9.17, 15) is 4.79 Å². The van der Waals surface area contributed by atoms with Gasteiger partial charge in [0.1, 0.15) is 0 Å². The summed E-state index contributed by atoms with van der Waals surface area (Å²) in [4.78, 5) is 14.6. The van der Waals surface area contributed by atoms with E-state index in [1.165, 1.54) is 0 Å². The Bertz CT molecular complexity index is 501. The number of hydrogen-bond acceptors (Lipinski definition) is 5. The number of carbonyl (C=O) groups excluding carboxylic acids is 1. The molecule has 0 aliphatic carbocycles. The fourth-order valence-electron chi connectivity index (χ4n) is 3.08. The van der Waals surface area contributed by atoms with Crippen LogP contribution in [-0.4, -0.2) is 65.1 Å². The van der Waals surface area contributed by atoms with Gasteiger partial charge in [-0.15, -0.1) is 29.9 Å². The van der Waals surface area contributed by atoms with Gasteiger partial charge in [-0.25, -0.2) is 4.68 Å². The summed E-state index contributed by atoms with van der Waals surface area (Å²) in [6.07, 6.45) is 3.03. The molecule has 9 heteroatoms. The number of piperidine rings is 1. The van der Waals surface area contributed by atoms with Gasteiger partial charge in [0.25, 0.3) is 5.91 Å². The lowest BCUT2D eigenvalue weighted by molar-refractivity contribution is 0.0946. The molecule has 1 aliphatic heterocycles. The van der Waals surface area contributed by atoms with Crippen molar-refractivity contribution in [2.24, 2.45) is 0 Å². The van der Waals surface area contributed by atoms with Crippen molar-refractivity contribution in [1.82, 2.24) is 30.5 Å². The van der Waals surface area contributed by atoms with Crippen LogP contribution >= 0.6 is 24.8 Å². The van der Waals surface area contributed by atoms with Crippen LogP contribution in [0, 0.1) is 6.92 Å². The van der Waals surface area contributed by atoms with Crippen molar-refractivity contribution in [2.45, 2.75) is 46.1 Å². The largest absolute Gasteiger partial charge is 0.351 e. The van der Waals surface area contributed by atoms with Gasteiger partial charge in [0.15, 0.2) is 5.69 Å². The predicted octanol–water partition coefficient (Wildman–Crippen LogP) is 1.82. The van der Waals surface area contributed by atoms with Gasteiger partial charge in [0, 0.05) is 6.54 Å². The van der Waals surface area contributed by atoms with E-state index in [1.807, 2.05) is 11.6 Å². The third-order valence-electron chi connectivity index (χ3n) is 4.63. The molecule has 0 radical (unpaired) electrons. The van der Waals surface area contributed by atoms with Crippen LogP contribution in [-0.2, 0) is 0 Å². The Morgan fingerprint density at radius 1 is 1.28 bits per heavy atom. The van der Waals surface area contributed by atoms with Gasteiger partial charge in [0.05, 0.1) is 11.7 Å². The van der Waals surface area contributed by atoms with Gasteiger partial charge in [0.2, 0.25) is 0 Å². The molecule has 1 aromatic rings. The lowest BCUT2D eigenvalue weighted by atomic mass is 10.1. The summed E-state index contributed by atoms with van der Waals surface area (Å²) in [5, 5.41) is 14.6. The van der Waals surface area contributed by atoms with Crippen LogP contribution < -0.4 is 10.6 Å². The first-order valence-electron chi connectivity index (χ1n) is 8.80. The maximum absolute atomic E-state index is 12.3. The molecule has 1 amide bonds. The van der Waals surface area contributed by atoms with Crippen LogP contribution in [0.25, 0.3) is 0 Å². The third kappa shape index (κ3) is 6.73. The molecule has 0 saturated carbocycles. The van der Waals surface area contributed by atoms with E-state index in [0.29, 0.717) is 18.3 Å². The van der Waals surface area contributed by atoms with Crippen LogP contribution in [0.15, 0.2) is 0 Å². The van der Waals surface area contributed by atoms with E-state index in [4.69, 9.17) is 0 Å². The van der Waals surface area contributed by atoms with Gasteiger partial charge in [-0.1, -0.05) is 19.1 Å². The minimum atomic E-state index is -0.109. The molecule has 1 aromatic heterocycles. The summed E-state index contributed by atoms with van der Waals surface area (Å²) in [5.41, 5.74) is 1.34. The molecule has 1 aliphatic rings. The molecular formula is C16H32Cl2N6O. The Morgan fingerprint density at radius 3 is 2.52 bits per heavy atom. The van der Waals surface area contributed by atoms with Crippen LogP contribution in [0.5, 0.6) is 0 Å². The fraction of sp³-hybridized carbons (Fsp3) is 0.812. The molecule has 0 bridgehead atoms. The zero-order chi connectivity index (χ0) is 16.7. The van der Waals surface area contributed by atoms with Crippen LogP contribution in [0.2, 0.25) is 0 Å². The molecule has 2 rings (SSSR count). The zero-order valence-corrected chi connectivity index (χ0v) is 17.1. The van der Waals surface area contributed by atoms with E-state index in [0.717, 1.165) is 57.7 Å². The van der Waals surface area contributed by atoms with Crippen LogP contribution in [0.3, 0.4) is 0 Å². The molecule has 7 nitrogen and oxygen atoms in total. The van der Waals surface area contributed by atoms with Gasteiger partial charge in [-0.2, -0.15) is 0 Å². The Kier molecular flexibility index (Phi) is 12.0. The molecule has 0 spiro atoms. The number of halogens is 2. The van der Waals surface area contributed by atoms with Crippen molar-refractivity contribution in [3.63, 3.8) is 0 Å². The maximum atomic E-state index is 12.3. The number of amides is 1. The molecule has 0 atom stereocenters. The Hall–Kier alpha value is -0.890. The van der Waals surface area contributed by atoms with E-state index >= 15 is 0 Å². The predicted molar refractivity (Wildman–Crippen MR) is 105 cm³/mol. The van der Waals surface area contributed by atoms with Crippen molar-refractivity contribution in [3.8, 4) is 0 Å². The van der Waals surface area contributed by atoms with E-state index < -0.39 is 0 Å². The average Bonchev–Trinajstić information content (AvgIpc) is 2.97. The van der Waals surface area contributed by atoms with E-state index in [1.54, 1.807) is 0 Å². The van der Waals surface area contributed by atoms with E-state index in [-0.39, 0.29) is 30.7 Å². The summed E-state index contributed by atoms with van der Waals surface area (Å²) in [6, 6.07) is 0.355. The number of hydrogen-bond donors (Lipinski definition) is 2. The lowest BCUT2D eigenvalue weighted by Crippen LogP contribution is -2.31. The minimum Gasteiger partial charge on any atom is -0.351 e. The van der Waals surface area contributed by atoms with Crippen molar-refractivity contribution < 1.29 is 4.79 Å². The van der Waals surface area contributed by atoms with Gasteiger partial charge in [-0.05, 0) is 58.9 Å². The SMILES string of the molecule is CCN(CC)CCCNC(=O)c1nnn(C2CCNCC2)c1C.Cl.Cl. The first-order valence-corrected chi connectivity index (χ1v) is 8.80. The quantitative estimate of drug-likeness (QED) is 0.657. The van der Waals surface area contributed by atoms with Gasteiger partial charge < -0.3 is 15.5 Å². The highest BCUT2D eigenvalue weighted by Crippen LogP contribution is 2.20. The van der Waals surface area contributed by atoms with Gasteiger partial charge >= 0.3 is 0 Å². The molecule has 2 N–H and O–H groups in total. The second-order valence-electron chi connectivity index (χ2n) is 6.09. The number of nitrogens with zero attached hydrogens (tertiary/aromatic N) is 4. The molecule has 1 saturated heterocycles. The fourth-order valence-corrected chi connectivity index (χ4v) is 3.08. The second kappa shape index (κ2) is 12.5. The highest BCUT2D eigenvalue weighted by Gasteiger charge is 2.22. The molecule has 0 aromatic carbocycles. The normalized spacial score (nSPS) is 14.7. The molecule has 1 fully saturated rings. The first kappa shape index (κ1) is 24.1. The Labute approximate surface area is 163 Å². The molecular weight excluding hydrogens is 363 g/mol. The maximum Gasteiger partial charge on any atom is 0.273 e. The number of rotatable bonds is 8. The zero-order valence-electron chi connectivity index (χ0n) is 15.5. The Balaban J connectivity index is 0.00000288. The van der Waals surface area contributed by atoms with E-state index in [2.05, 4.69) is 39.7 Å².